The van der Waals surface area contributed by atoms with Crippen molar-refractivity contribution in [2.45, 2.75) is 31.7 Å². The van der Waals surface area contributed by atoms with E-state index in [0.717, 1.165) is 10.9 Å². The van der Waals surface area contributed by atoms with Crippen LogP contribution in [0.25, 0.3) is 0 Å². The van der Waals surface area contributed by atoms with Gasteiger partial charge in [-0.3, -0.25) is 4.79 Å². The average Bonchev–Trinajstić information content (AvgIpc) is 3.07. The van der Waals surface area contributed by atoms with Gasteiger partial charge in [0.2, 0.25) is 5.91 Å². The van der Waals surface area contributed by atoms with Crippen molar-refractivity contribution in [3.05, 3.63) is 20.8 Å². The van der Waals surface area contributed by atoms with Gasteiger partial charge in [-0.05, 0) is 47.2 Å². The number of rotatable bonds is 6. The molecule has 1 aromatic rings. The Morgan fingerprint density at radius 1 is 1.65 bits per heavy atom. The van der Waals surface area contributed by atoms with E-state index in [-0.39, 0.29) is 11.9 Å². The molecule has 0 spiro atoms. The maximum absolute atomic E-state index is 11.8. The summed E-state index contributed by atoms with van der Waals surface area (Å²) in [5, 5.41) is 5.08. The van der Waals surface area contributed by atoms with E-state index in [1.165, 1.54) is 17.7 Å². The Morgan fingerprint density at radius 3 is 2.94 bits per heavy atom. The minimum Gasteiger partial charge on any atom is -0.352 e. The molecule has 0 aliphatic heterocycles. The van der Waals surface area contributed by atoms with E-state index >= 15 is 0 Å². The largest absolute Gasteiger partial charge is 0.352 e. The fraction of sp³-hybridized carbons (Fsp3) is 0.583. The molecular formula is C12H17BrN2OS. The lowest BCUT2D eigenvalue weighted by atomic mass is 10.1. The molecular weight excluding hydrogens is 300 g/mol. The maximum atomic E-state index is 11.8. The number of aryl methyl sites for hydroxylation is 1. The molecule has 0 bridgehead atoms. The molecule has 1 heterocycles. The van der Waals surface area contributed by atoms with Gasteiger partial charge in [-0.2, -0.15) is 0 Å². The number of hydrogen-bond donors (Lipinski definition) is 2. The zero-order valence-electron chi connectivity index (χ0n) is 9.62. The topological polar surface area (TPSA) is 55.1 Å². The quantitative estimate of drug-likeness (QED) is 0.846. The molecule has 1 fully saturated rings. The van der Waals surface area contributed by atoms with E-state index in [4.69, 9.17) is 5.73 Å². The number of thiophene rings is 1. The van der Waals surface area contributed by atoms with Gasteiger partial charge < -0.3 is 11.1 Å². The van der Waals surface area contributed by atoms with Gasteiger partial charge in [-0.25, -0.2) is 0 Å². The smallest absolute Gasteiger partial charge is 0.220 e. The van der Waals surface area contributed by atoms with Crippen LogP contribution in [0, 0.1) is 5.92 Å². The third-order valence-corrected chi connectivity index (χ3v) is 4.77. The third kappa shape index (κ3) is 4.08. The molecule has 1 aliphatic rings. The van der Waals surface area contributed by atoms with Crippen LogP contribution >= 0.6 is 27.3 Å². The highest BCUT2D eigenvalue weighted by atomic mass is 79.9. The Kier molecular flexibility index (Phi) is 4.59. The summed E-state index contributed by atoms with van der Waals surface area (Å²) in [4.78, 5) is 13.0. The van der Waals surface area contributed by atoms with Crippen molar-refractivity contribution in [3.8, 4) is 0 Å². The van der Waals surface area contributed by atoms with Gasteiger partial charge in [0.15, 0.2) is 0 Å². The Hall–Kier alpha value is -0.390. The first-order valence-corrected chi connectivity index (χ1v) is 7.58. The minimum atomic E-state index is 0.122. The van der Waals surface area contributed by atoms with Crippen LogP contribution in [0.4, 0.5) is 0 Å². The van der Waals surface area contributed by atoms with Crippen LogP contribution in [0.3, 0.4) is 0 Å². The second kappa shape index (κ2) is 5.98. The summed E-state index contributed by atoms with van der Waals surface area (Å²) >= 11 is 5.09. The van der Waals surface area contributed by atoms with E-state index in [2.05, 4.69) is 27.3 Å². The molecule has 5 heteroatoms. The van der Waals surface area contributed by atoms with Crippen LogP contribution in [0.1, 0.15) is 24.1 Å². The Balaban J connectivity index is 1.73. The van der Waals surface area contributed by atoms with E-state index in [1.807, 2.05) is 5.38 Å². The molecule has 1 saturated carbocycles. The van der Waals surface area contributed by atoms with Gasteiger partial charge in [-0.1, -0.05) is 0 Å². The van der Waals surface area contributed by atoms with Crippen LogP contribution in [-0.2, 0) is 11.2 Å². The standard InChI is InChI=1S/C12H17BrN2OS/c13-9-5-10(17-7-9)3-4-12(16)15-11(6-14)8-1-2-8/h5,7-8,11H,1-4,6,14H2,(H,15,16). The summed E-state index contributed by atoms with van der Waals surface area (Å²) in [7, 11) is 0. The maximum Gasteiger partial charge on any atom is 0.220 e. The van der Waals surface area contributed by atoms with E-state index in [9.17, 15) is 4.79 Å². The highest BCUT2D eigenvalue weighted by molar-refractivity contribution is 9.10. The van der Waals surface area contributed by atoms with Crippen molar-refractivity contribution >= 4 is 33.2 Å². The average molecular weight is 317 g/mol. The van der Waals surface area contributed by atoms with Crippen molar-refractivity contribution in [1.82, 2.24) is 5.32 Å². The molecule has 3 N–H and O–H groups in total. The number of carbonyl (C=O) groups is 1. The predicted molar refractivity (Wildman–Crippen MR) is 74.0 cm³/mol. The van der Waals surface area contributed by atoms with Crippen molar-refractivity contribution in [2.24, 2.45) is 11.7 Å². The Morgan fingerprint density at radius 2 is 2.41 bits per heavy atom. The number of hydrogen-bond acceptors (Lipinski definition) is 3. The van der Waals surface area contributed by atoms with E-state index < -0.39 is 0 Å². The molecule has 0 radical (unpaired) electrons. The first-order chi connectivity index (χ1) is 8.19. The molecule has 1 amide bonds. The highest BCUT2D eigenvalue weighted by Crippen LogP contribution is 2.32. The zero-order valence-corrected chi connectivity index (χ0v) is 12.0. The first-order valence-electron chi connectivity index (χ1n) is 5.91. The second-order valence-electron chi connectivity index (χ2n) is 4.48. The van der Waals surface area contributed by atoms with Gasteiger partial charge >= 0.3 is 0 Å². The summed E-state index contributed by atoms with van der Waals surface area (Å²) in [6.07, 6.45) is 3.78. The summed E-state index contributed by atoms with van der Waals surface area (Å²) in [5.74, 6) is 0.747. The molecule has 1 atom stereocenters. The van der Waals surface area contributed by atoms with Crippen LogP contribution in [0.5, 0.6) is 0 Å². The molecule has 1 aliphatic carbocycles. The van der Waals surface area contributed by atoms with Crippen molar-refractivity contribution < 1.29 is 4.79 Å². The minimum absolute atomic E-state index is 0.122. The highest BCUT2D eigenvalue weighted by Gasteiger charge is 2.30. The molecule has 17 heavy (non-hydrogen) atoms. The van der Waals surface area contributed by atoms with Gasteiger partial charge in [-0.15, -0.1) is 11.3 Å². The monoisotopic (exact) mass is 316 g/mol. The molecule has 0 saturated heterocycles. The Labute approximate surface area is 114 Å². The third-order valence-electron chi connectivity index (χ3n) is 3.01. The lowest BCUT2D eigenvalue weighted by Gasteiger charge is -2.15. The van der Waals surface area contributed by atoms with E-state index in [0.29, 0.717) is 18.9 Å². The number of carbonyl (C=O) groups excluding carboxylic acids is 1. The summed E-state index contributed by atoms with van der Waals surface area (Å²) < 4.78 is 1.09. The van der Waals surface area contributed by atoms with E-state index in [1.54, 1.807) is 11.3 Å². The van der Waals surface area contributed by atoms with Crippen LogP contribution in [-0.4, -0.2) is 18.5 Å². The van der Waals surface area contributed by atoms with Gasteiger partial charge in [0, 0.05) is 33.7 Å². The van der Waals surface area contributed by atoms with Gasteiger partial charge in [0.1, 0.15) is 0 Å². The lowest BCUT2D eigenvalue weighted by molar-refractivity contribution is -0.121. The number of amides is 1. The fourth-order valence-electron chi connectivity index (χ4n) is 1.87. The predicted octanol–water partition coefficient (Wildman–Crippen LogP) is 2.30. The lowest BCUT2D eigenvalue weighted by Crippen LogP contribution is -2.41. The SMILES string of the molecule is NCC(NC(=O)CCc1cc(Br)cs1)C1CC1. The molecule has 0 aromatic carbocycles. The van der Waals surface area contributed by atoms with Gasteiger partial charge in [0.25, 0.3) is 0 Å². The van der Waals surface area contributed by atoms with Crippen molar-refractivity contribution in [3.63, 3.8) is 0 Å². The zero-order chi connectivity index (χ0) is 12.3. The molecule has 94 valence electrons. The van der Waals surface area contributed by atoms with Crippen LogP contribution < -0.4 is 11.1 Å². The first kappa shape index (κ1) is 13.1. The number of nitrogens with one attached hydrogen (secondary N) is 1. The summed E-state index contributed by atoms with van der Waals surface area (Å²) in [6.45, 7) is 0.557. The molecule has 3 nitrogen and oxygen atoms in total. The van der Waals surface area contributed by atoms with Crippen LogP contribution in [0.15, 0.2) is 15.9 Å². The second-order valence-corrected chi connectivity index (χ2v) is 6.39. The van der Waals surface area contributed by atoms with Gasteiger partial charge in [0.05, 0.1) is 0 Å². The number of nitrogens with two attached hydrogens (primary N) is 1. The fourth-order valence-corrected chi connectivity index (χ4v) is 3.32. The normalized spacial score (nSPS) is 16.8. The van der Waals surface area contributed by atoms with Crippen LogP contribution in [0.2, 0.25) is 0 Å². The summed E-state index contributed by atoms with van der Waals surface area (Å²) in [6, 6.07) is 2.26. The Bertz CT molecular complexity index is 390. The molecule has 1 unspecified atom stereocenters. The summed E-state index contributed by atoms with van der Waals surface area (Å²) in [5.41, 5.74) is 5.65. The number of halogens is 1. The van der Waals surface area contributed by atoms with Crippen molar-refractivity contribution in [1.29, 1.82) is 0 Å². The van der Waals surface area contributed by atoms with Crippen molar-refractivity contribution in [2.75, 3.05) is 6.54 Å². The molecule has 2 rings (SSSR count). The molecule has 1 aromatic heterocycles.